The third kappa shape index (κ3) is 4.54. The van der Waals surface area contributed by atoms with Crippen LogP contribution in [0, 0.1) is 0 Å². The molecule has 9 heteroatoms. The average Bonchev–Trinajstić information content (AvgIpc) is 2.93. The third-order valence-corrected chi connectivity index (χ3v) is 2.70. The Labute approximate surface area is 127 Å². The van der Waals surface area contributed by atoms with Gasteiger partial charge in [0.25, 0.3) is 0 Å². The van der Waals surface area contributed by atoms with E-state index in [1.165, 1.54) is 15.9 Å². The van der Waals surface area contributed by atoms with Crippen LogP contribution in [0.25, 0.3) is 0 Å². The molecule has 0 fully saturated rings. The highest BCUT2D eigenvalue weighted by molar-refractivity contribution is 5.87. The van der Waals surface area contributed by atoms with Crippen LogP contribution < -0.4 is 10.6 Å². The SMILES string of the molecule is CN(C)C(=O)Nc1cnn(CC(=O)NCc2ccncc2)n1. The molecule has 0 unspecified atom stereocenters. The maximum Gasteiger partial charge on any atom is 0.322 e. The van der Waals surface area contributed by atoms with Crippen LogP contribution in [0.2, 0.25) is 0 Å². The van der Waals surface area contributed by atoms with Crippen molar-refractivity contribution in [2.75, 3.05) is 19.4 Å². The summed E-state index contributed by atoms with van der Waals surface area (Å²) < 4.78 is 0. The van der Waals surface area contributed by atoms with Gasteiger partial charge in [0.1, 0.15) is 6.54 Å². The number of rotatable bonds is 5. The van der Waals surface area contributed by atoms with Crippen molar-refractivity contribution >= 4 is 17.8 Å². The minimum absolute atomic E-state index is 0.0249. The number of anilines is 1. The van der Waals surface area contributed by atoms with Gasteiger partial charge in [-0.15, -0.1) is 5.10 Å². The molecule has 0 radical (unpaired) electrons. The van der Waals surface area contributed by atoms with E-state index in [0.717, 1.165) is 5.56 Å². The Morgan fingerprint density at radius 2 is 2.00 bits per heavy atom. The van der Waals surface area contributed by atoms with Gasteiger partial charge in [-0.3, -0.25) is 15.1 Å². The van der Waals surface area contributed by atoms with Gasteiger partial charge in [-0.05, 0) is 17.7 Å². The quantitative estimate of drug-likeness (QED) is 0.814. The van der Waals surface area contributed by atoms with Crippen LogP contribution in [0.1, 0.15) is 5.56 Å². The van der Waals surface area contributed by atoms with E-state index in [2.05, 4.69) is 25.8 Å². The lowest BCUT2D eigenvalue weighted by atomic mass is 10.3. The summed E-state index contributed by atoms with van der Waals surface area (Å²) in [6.07, 6.45) is 4.71. The van der Waals surface area contributed by atoms with E-state index in [0.29, 0.717) is 12.4 Å². The molecule has 9 nitrogen and oxygen atoms in total. The zero-order chi connectivity index (χ0) is 15.9. The van der Waals surface area contributed by atoms with Crippen molar-refractivity contribution in [3.63, 3.8) is 0 Å². The summed E-state index contributed by atoms with van der Waals surface area (Å²) in [4.78, 5) is 29.8. The molecule has 2 aromatic heterocycles. The monoisotopic (exact) mass is 303 g/mol. The number of amides is 3. The molecule has 2 aromatic rings. The van der Waals surface area contributed by atoms with Gasteiger partial charge in [-0.1, -0.05) is 0 Å². The van der Waals surface area contributed by atoms with Crippen LogP contribution in [0.5, 0.6) is 0 Å². The highest BCUT2D eigenvalue weighted by Crippen LogP contribution is 2.00. The predicted molar refractivity (Wildman–Crippen MR) is 78.8 cm³/mol. The van der Waals surface area contributed by atoms with Crippen molar-refractivity contribution in [1.82, 2.24) is 30.2 Å². The molecular formula is C13H17N7O2. The molecule has 2 heterocycles. The number of urea groups is 1. The van der Waals surface area contributed by atoms with Crippen LogP contribution in [-0.4, -0.2) is 50.9 Å². The summed E-state index contributed by atoms with van der Waals surface area (Å²) in [5.41, 5.74) is 0.954. The Morgan fingerprint density at radius 3 is 2.68 bits per heavy atom. The Hall–Kier alpha value is -2.97. The fraction of sp³-hybridized carbons (Fsp3) is 0.308. The fourth-order valence-electron chi connectivity index (χ4n) is 1.54. The molecule has 2 rings (SSSR count). The lowest BCUT2D eigenvalue weighted by Gasteiger charge is -2.09. The van der Waals surface area contributed by atoms with Crippen molar-refractivity contribution in [2.45, 2.75) is 13.1 Å². The molecule has 22 heavy (non-hydrogen) atoms. The van der Waals surface area contributed by atoms with Gasteiger partial charge < -0.3 is 10.2 Å². The second-order valence-corrected chi connectivity index (χ2v) is 4.72. The highest BCUT2D eigenvalue weighted by Gasteiger charge is 2.09. The summed E-state index contributed by atoms with van der Waals surface area (Å²) in [6, 6.07) is 3.33. The first kappa shape index (κ1) is 15.4. The van der Waals surface area contributed by atoms with Gasteiger partial charge in [0.15, 0.2) is 5.82 Å². The second-order valence-electron chi connectivity index (χ2n) is 4.72. The van der Waals surface area contributed by atoms with Crippen molar-refractivity contribution in [3.8, 4) is 0 Å². The molecule has 0 aliphatic rings. The van der Waals surface area contributed by atoms with E-state index < -0.39 is 0 Å². The van der Waals surface area contributed by atoms with E-state index in [4.69, 9.17) is 0 Å². The number of hydrogen-bond donors (Lipinski definition) is 2. The molecule has 0 atom stereocenters. The number of aromatic nitrogens is 4. The van der Waals surface area contributed by atoms with E-state index in [1.54, 1.807) is 26.5 Å². The zero-order valence-electron chi connectivity index (χ0n) is 12.4. The van der Waals surface area contributed by atoms with Crippen molar-refractivity contribution < 1.29 is 9.59 Å². The van der Waals surface area contributed by atoms with Crippen LogP contribution in [0.3, 0.4) is 0 Å². The zero-order valence-corrected chi connectivity index (χ0v) is 12.4. The van der Waals surface area contributed by atoms with Crippen molar-refractivity contribution in [3.05, 3.63) is 36.3 Å². The van der Waals surface area contributed by atoms with Crippen LogP contribution >= 0.6 is 0 Å². The minimum Gasteiger partial charge on any atom is -0.350 e. The van der Waals surface area contributed by atoms with Gasteiger partial charge in [0.05, 0.1) is 6.20 Å². The summed E-state index contributed by atoms with van der Waals surface area (Å²) in [6.45, 7) is 0.385. The Kier molecular flexibility index (Phi) is 5.02. The second kappa shape index (κ2) is 7.16. The predicted octanol–water partition coefficient (Wildman–Crippen LogP) is 0.0830. The Morgan fingerprint density at radius 1 is 1.27 bits per heavy atom. The molecule has 0 aromatic carbocycles. The number of pyridine rings is 1. The van der Waals surface area contributed by atoms with E-state index in [1.807, 2.05) is 12.1 Å². The van der Waals surface area contributed by atoms with Crippen molar-refractivity contribution in [2.24, 2.45) is 0 Å². The Bertz CT molecular complexity index is 639. The largest absolute Gasteiger partial charge is 0.350 e. The molecule has 2 N–H and O–H groups in total. The molecule has 0 spiro atoms. The molecule has 0 bridgehead atoms. The first-order valence-corrected chi connectivity index (χ1v) is 6.58. The van der Waals surface area contributed by atoms with Crippen LogP contribution in [0.15, 0.2) is 30.7 Å². The van der Waals surface area contributed by atoms with E-state index in [-0.39, 0.29) is 18.5 Å². The molecule has 116 valence electrons. The lowest BCUT2D eigenvalue weighted by molar-refractivity contribution is -0.122. The highest BCUT2D eigenvalue weighted by atomic mass is 16.2. The molecule has 0 aliphatic heterocycles. The normalized spacial score (nSPS) is 10.1. The molecule has 0 saturated carbocycles. The van der Waals surface area contributed by atoms with Gasteiger partial charge >= 0.3 is 6.03 Å². The van der Waals surface area contributed by atoms with E-state index in [9.17, 15) is 9.59 Å². The number of carbonyl (C=O) groups is 2. The minimum atomic E-state index is -0.311. The number of nitrogens with one attached hydrogen (secondary N) is 2. The summed E-state index contributed by atoms with van der Waals surface area (Å²) >= 11 is 0. The standard InChI is InChI=1S/C13H17N7O2/c1-19(2)13(22)17-11-8-16-20(18-11)9-12(21)15-7-10-3-5-14-6-4-10/h3-6,8H,7,9H2,1-2H3,(H,15,21)(H,17,18,22). The fourth-order valence-corrected chi connectivity index (χ4v) is 1.54. The molecule has 0 saturated heterocycles. The number of carbonyl (C=O) groups excluding carboxylic acids is 2. The topological polar surface area (TPSA) is 105 Å². The maximum atomic E-state index is 11.8. The van der Waals surface area contributed by atoms with E-state index >= 15 is 0 Å². The molecular weight excluding hydrogens is 286 g/mol. The Balaban J connectivity index is 1.82. The average molecular weight is 303 g/mol. The van der Waals surface area contributed by atoms with Crippen LogP contribution in [-0.2, 0) is 17.9 Å². The first-order valence-electron chi connectivity index (χ1n) is 6.58. The van der Waals surface area contributed by atoms with Crippen molar-refractivity contribution in [1.29, 1.82) is 0 Å². The summed E-state index contributed by atoms with van der Waals surface area (Å²) in [5.74, 6) is 0.0681. The third-order valence-electron chi connectivity index (χ3n) is 2.70. The summed E-state index contributed by atoms with van der Waals surface area (Å²) in [7, 11) is 3.23. The number of hydrogen-bond acceptors (Lipinski definition) is 5. The van der Waals surface area contributed by atoms with Crippen LogP contribution in [0.4, 0.5) is 10.6 Å². The molecule has 3 amide bonds. The number of nitrogens with zero attached hydrogens (tertiary/aromatic N) is 5. The summed E-state index contributed by atoms with van der Waals surface area (Å²) in [5, 5.41) is 13.2. The smallest absolute Gasteiger partial charge is 0.322 e. The lowest BCUT2D eigenvalue weighted by Crippen LogP contribution is -2.29. The van der Waals surface area contributed by atoms with Gasteiger partial charge in [0.2, 0.25) is 5.91 Å². The van der Waals surface area contributed by atoms with Gasteiger partial charge in [-0.25, -0.2) is 4.79 Å². The van der Waals surface area contributed by atoms with Gasteiger partial charge in [-0.2, -0.15) is 9.90 Å². The van der Waals surface area contributed by atoms with Gasteiger partial charge in [0, 0.05) is 33.0 Å². The molecule has 0 aliphatic carbocycles. The first-order chi connectivity index (χ1) is 10.5. The maximum absolute atomic E-state index is 11.8.